The largest absolute Gasteiger partial charge is 0.385 e. The van der Waals surface area contributed by atoms with Crippen LogP contribution in [0.15, 0.2) is 16.4 Å². The monoisotopic (exact) mass is 215 g/mol. The van der Waals surface area contributed by atoms with Crippen molar-refractivity contribution in [1.29, 1.82) is 10.5 Å². The van der Waals surface area contributed by atoms with Crippen molar-refractivity contribution in [2.75, 3.05) is 0 Å². The van der Waals surface area contributed by atoms with Crippen LogP contribution in [0.5, 0.6) is 0 Å². The summed E-state index contributed by atoms with van der Waals surface area (Å²) in [4.78, 5) is 11.6. The van der Waals surface area contributed by atoms with Crippen molar-refractivity contribution in [3.63, 3.8) is 0 Å². The zero-order valence-electron chi connectivity index (χ0n) is 8.47. The Morgan fingerprint density at radius 2 is 2.06 bits per heavy atom. The summed E-state index contributed by atoms with van der Waals surface area (Å²) in [6.07, 6.45) is 1.81. The van der Waals surface area contributed by atoms with Gasteiger partial charge in [0.2, 0.25) is 0 Å². The maximum absolute atomic E-state index is 11.6. The van der Waals surface area contributed by atoms with E-state index in [4.69, 9.17) is 16.3 Å². The number of carbonyl (C=O) groups is 1. The van der Waals surface area contributed by atoms with Crippen LogP contribution in [0.1, 0.15) is 19.3 Å². The number of rotatable bonds is 2. The second kappa shape index (κ2) is 3.67. The molecule has 0 aromatic rings. The first-order valence-corrected chi connectivity index (χ1v) is 4.87. The molecule has 0 aromatic carbocycles. The van der Waals surface area contributed by atoms with Gasteiger partial charge in [-0.15, -0.1) is 0 Å². The number of amides is 1. The van der Waals surface area contributed by atoms with Crippen LogP contribution in [0.25, 0.3) is 0 Å². The second-order valence-electron chi connectivity index (χ2n) is 3.73. The van der Waals surface area contributed by atoms with Crippen molar-refractivity contribution in [3.8, 4) is 12.1 Å². The molecule has 2 N–H and O–H groups in total. The molecule has 6 nitrogen and oxygen atoms in total. The molecule has 0 aromatic heterocycles. The van der Waals surface area contributed by atoms with E-state index in [9.17, 15) is 4.79 Å². The summed E-state index contributed by atoms with van der Waals surface area (Å²) >= 11 is 0. The van der Waals surface area contributed by atoms with Crippen LogP contribution < -0.4 is 5.73 Å². The topological polar surface area (TPSA) is 106 Å². The van der Waals surface area contributed by atoms with Gasteiger partial charge in [-0.05, 0) is 12.8 Å². The quantitative estimate of drug-likeness (QED) is 0.664. The van der Waals surface area contributed by atoms with Crippen LogP contribution in [0.4, 0.5) is 0 Å². The highest BCUT2D eigenvalue weighted by molar-refractivity contribution is 6.03. The molecule has 1 heterocycles. The molecule has 1 saturated carbocycles. The third kappa shape index (κ3) is 1.61. The molecule has 1 aliphatic heterocycles. The number of carbonyl (C=O) groups excluding carboxylic acids is 1. The molecule has 1 amide bonds. The number of nitrogens with zero attached hydrogens (tertiary/aromatic N) is 4. The molecule has 2 aliphatic rings. The molecule has 0 atom stereocenters. The average molecular weight is 215 g/mol. The Morgan fingerprint density at radius 3 is 2.44 bits per heavy atom. The molecule has 0 radical (unpaired) electrons. The molecule has 2 rings (SSSR count). The minimum absolute atomic E-state index is 0.0469. The van der Waals surface area contributed by atoms with Crippen LogP contribution in [-0.4, -0.2) is 16.8 Å². The summed E-state index contributed by atoms with van der Waals surface area (Å²) in [5, 5.41) is 22.7. The maximum Gasteiger partial charge on any atom is 0.254 e. The van der Waals surface area contributed by atoms with E-state index in [-0.39, 0.29) is 29.7 Å². The van der Waals surface area contributed by atoms with Crippen LogP contribution in [0.3, 0.4) is 0 Å². The van der Waals surface area contributed by atoms with Crippen LogP contribution in [0.2, 0.25) is 0 Å². The van der Waals surface area contributed by atoms with Gasteiger partial charge in [0.05, 0.1) is 12.1 Å². The van der Waals surface area contributed by atoms with Crippen molar-refractivity contribution < 1.29 is 4.79 Å². The van der Waals surface area contributed by atoms with Crippen molar-refractivity contribution in [2.45, 2.75) is 19.3 Å². The van der Waals surface area contributed by atoms with E-state index in [2.05, 4.69) is 5.10 Å². The lowest BCUT2D eigenvalue weighted by atomic mass is 10.1. The van der Waals surface area contributed by atoms with E-state index < -0.39 is 0 Å². The van der Waals surface area contributed by atoms with Gasteiger partial charge in [-0.1, -0.05) is 0 Å². The smallest absolute Gasteiger partial charge is 0.254 e. The summed E-state index contributed by atoms with van der Waals surface area (Å²) < 4.78 is 0. The molecule has 0 unspecified atom stereocenters. The number of allylic oxidation sites excluding steroid dienone is 2. The minimum Gasteiger partial charge on any atom is -0.385 e. The predicted octanol–water partition coefficient (Wildman–Crippen LogP) is 0.202. The summed E-state index contributed by atoms with van der Waals surface area (Å²) in [6.45, 7) is 0. The first-order chi connectivity index (χ1) is 7.67. The Morgan fingerprint density at radius 1 is 1.44 bits per heavy atom. The Bertz CT molecular complexity index is 470. The molecule has 80 valence electrons. The summed E-state index contributed by atoms with van der Waals surface area (Å²) in [6, 6.07) is 3.60. The standard InChI is InChI=1S/C10H9N5O/c11-4-7(5-12)10(6-1-2-6)15-9(16)3-8(13)14-15/h6H,1-3H2,(H2,13,14). The number of nitriles is 2. The van der Waals surface area contributed by atoms with Crippen molar-refractivity contribution >= 4 is 11.7 Å². The highest BCUT2D eigenvalue weighted by Crippen LogP contribution is 2.40. The van der Waals surface area contributed by atoms with Gasteiger partial charge in [0.1, 0.15) is 18.0 Å². The van der Waals surface area contributed by atoms with Crippen molar-refractivity contribution in [2.24, 2.45) is 16.8 Å². The molecule has 0 spiro atoms. The van der Waals surface area contributed by atoms with Gasteiger partial charge >= 0.3 is 0 Å². The van der Waals surface area contributed by atoms with E-state index in [1.165, 1.54) is 0 Å². The molecular weight excluding hydrogens is 206 g/mol. The van der Waals surface area contributed by atoms with Gasteiger partial charge in [0.15, 0.2) is 5.57 Å². The fraction of sp³-hybridized carbons (Fsp3) is 0.400. The predicted molar refractivity (Wildman–Crippen MR) is 54.1 cm³/mol. The van der Waals surface area contributed by atoms with Crippen molar-refractivity contribution in [3.05, 3.63) is 11.3 Å². The number of amidine groups is 1. The lowest BCUT2D eigenvalue weighted by Crippen LogP contribution is -2.22. The molecule has 1 aliphatic carbocycles. The normalized spacial score (nSPS) is 18.8. The average Bonchev–Trinajstić information content (AvgIpc) is 3.01. The minimum atomic E-state index is -0.276. The SMILES string of the molecule is N#CC(C#N)=C(C1CC1)N1N=C(N)CC1=O. The third-order valence-corrected chi connectivity index (χ3v) is 2.47. The Labute approximate surface area is 92.2 Å². The summed E-state index contributed by atoms with van der Waals surface area (Å²) in [5.41, 5.74) is 5.82. The lowest BCUT2D eigenvalue weighted by molar-refractivity contribution is -0.127. The molecular formula is C10H9N5O. The second-order valence-corrected chi connectivity index (χ2v) is 3.73. The Kier molecular flexibility index (Phi) is 2.34. The van der Waals surface area contributed by atoms with Crippen LogP contribution >= 0.6 is 0 Å². The third-order valence-electron chi connectivity index (χ3n) is 2.47. The van der Waals surface area contributed by atoms with Gasteiger partial charge in [0.25, 0.3) is 5.91 Å². The van der Waals surface area contributed by atoms with Crippen LogP contribution in [-0.2, 0) is 4.79 Å². The van der Waals surface area contributed by atoms with Gasteiger partial charge < -0.3 is 5.73 Å². The number of hydrogen-bond acceptors (Lipinski definition) is 5. The first-order valence-electron chi connectivity index (χ1n) is 4.87. The van der Waals surface area contributed by atoms with E-state index in [1.807, 2.05) is 0 Å². The maximum atomic E-state index is 11.6. The number of hydrazone groups is 1. The fourth-order valence-corrected chi connectivity index (χ4v) is 1.62. The molecule has 0 bridgehead atoms. The lowest BCUT2D eigenvalue weighted by Gasteiger charge is -2.15. The number of hydrogen-bond donors (Lipinski definition) is 1. The summed E-state index contributed by atoms with van der Waals surface area (Å²) in [5.74, 6) is 0.0358. The summed E-state index contributed by atoms with van der Waals surface area (Å²) in [7, 11) is 0. The Hall–Kier alpha value is -2.34. The highest BCUT2D eigenvalue weighted by Gasteiger charge is 2.37. The zero-order chi connectivity index (χ0) is 11.7. The molecule has 0 saturated heterocycles. The molecule has 6 heteroatoms. The Balaban J connectivity index is 2.43. The number of nitrogens with two attached hydrogens (primary N) is 1. The molecule has 16 heavy (non-hydrogen) atoms. The van der Waals surface area contributed by atoms with Crippen molar-refractivity contribution in [1.82, 2.24) is 5.01 Å². The zero-order valence-corrected chi connectivity index (χ0v) is 8.47. The van der Waals surface area contributed by atoms with Gasteiger partial charge in [-0.2, -0.15) is 15.6 Å². The first kappa shape index (κ1) is 10.2. The van der Waals surface area contributed by atoms with Gasteiger partial charge in [-0.3, -0.25) is 4.79 Å². The van der Waals surface area contributed by atoms with Crippen LogP contribution in [0, 0.1) is 28.6 Å². The van der Waals surface area contributed by atoms with E-state index in [0.717, 1.165) is 17.9 Å². The van der Waals surface area contributed by atoms with Gasteiger partial charge in [0, 0.05) is 5.92 Å². The van der Waals surface area contributed by atoms with E-state index >= 15 is 0 Å². The van der Waals surface area contributed by atoms with E-state index in [1.54, 1.807) is 12.1 Å². The highest BCUT2D eigenvalue weighted by atomic mass is 16.2. The van der Waals surface area contributed by atoms with E-state index in [0.29, 0.717) is 5.70 Å². The molecule has 1 fully saturated rings. The fourth-order valence-electron chi connectivity index (χ4n) is 1.62. The van der Waals surface area contributed by atoms with Gasteiger partial charge in [-0.25, -0.2) is 5.01 Å².